The van der Waals surface area contributed by atoms with Crippen LogP contribution in [-0.2, 0) is 4.79 Å². The smallest absolute Gasteiger partial charge is 0.318 e. The van der Waals surface area contributed by atoms with Crippen LogP contribution in [0.5, 0.6) is 0 Å². The molecule has 0 spiro atoms. The molecule has 0 saturated carbocycles. The highest BCUT2D eigenvalue weighted by atomic mass is 16.2. The number of terminal acetylenes is 1. The number of nitrogens with zero attached hydrogens (tertiary/aromatic N) is 2. The van der Waals surface area contributed by atoms with Gasteiger partial charge in [-0.05, 0) is 6.42 Å². The van der Waals surface area contributed by atoms with E-state index >= 15 is 0 Å². The molecular formula is C14H23N3O2. The molecule has 1 saturated heterocycles. The minimum atomic E-state index is -0.374. The summed E-state index contributed by atoms with van der Waals surface area (Å²) >= 11 is 0. The van der Waals surface area contributed by atoms with E-state index in [2.05, 4.69) is 11.2 Å². The van der Waals surface area contributed by atoms with Crippen molar-refractivity contribution in [3.63, 3.8) is 0 Å². The van der Waals surface area contributed by atoms with Gasteiger partial charge in [-0.25, -0.2) is 4.79 Å². The molecule has 3 amide bonds. The van der Waals surface area contributed by atoms with Crippen molar-refractivity contribution in [3.05, 3.63) is 0 Å². The van der Waals surface area contributed by atoms with Gasteiger partial charge in [-0.1, -0.05) is 26.7 Å². The predicted octanol–water partition coefficient (Wildman–Crippen LogP) is 0.910. The van der Waals surface area contributed by atoms with E-state index in [4.69, 9.17) is 6.42 Å². The first kappa shape index (κ1) is 15.4. The fourth-order valence-electron chi connectivity index (χ4n) is 2.04. The summed E-state index contributed by atoms with van der Waals surface area (Å²) in [6.07, 6.45) is 5.91. The fraction of sp³-hybridized carbons (Fsp3) is 0.714. The van der Waals surface area contributed by atoms with Crippen molar-refractivity contribution in [2.45, 2.75) is 27.2 Å². The maximum atomic E-state index is 12.2. The molecule has 1 N–H and O–H groups in total. The Kier molecular flexibility index (Phi) is 5.22. The standard InChI is InChI=1S/C14H23N3O2/c1-5-7-15-13(19)17-9-6-8-16(10-11-17)12(18)14(2,3)4/h1H,6-11H2,2-4H3,(H,15,19). The number of hydrogen-bond donors (Lipinski definition) is 1. The number of urea groups is 1. The molecule has 5 heteroatoms. The fourth-order valence-corrected chi connectivity index (χ4v) is 2.04. The Morgan fingerprint density at radius 2 is 1.74 bits per heavy atom. The second-order valence-electron chi connectivity index (χ2n) is 5.75. The molecule has 0 aliphatic carbocycles. The number of nitrogens with one attached hydrogen (secondary N) is 1. The maximum Gasteiger partial charge on any atom is 0.318 e. The molecule has 0 unspecified atom stereocenters. The van der Waals surface area contributed by atoms with Crippen molar-refractivity contribution >= 4 is 11.9 Å². The molecule has 1 rings (SSSR count). The molecule has 19 heavy (non-hydrogen) atoms. The number of carbonyl (C=O) groups excluding carboxylic acids is 2. The minimum Gasteiger partial charge on any atom is -0.340 e. The van der Waals surface area contributed by atoms with Crippen LogP contribution in [-0.4, -0.2) is 54.5 Å². The second kappa shape index (κ2) is 6.46. The molecule has 0 aromatic heterocycles. The summed E-state index contributed by atoms with van der Waals surface area (Å²) in [4.78, 5) is 27.6. The monoisotopic (exact) mass is 265 g/mol. The molecule has 1 aliphatic heterocycles. The molecule has 0 aromatic rings. The Balaban J connectivity index is 2.55. The summed E-state index contributed by atoms with van der Waals surface area (Å²) in [6.45, 7) is 8.48. The van der Waals surface area contributed by atoms with Crippen LogP contribution in [0.3, 0.4) is 0 Å². The van der Waals surface area contributed by atoms with Crippen LogP contribution >= 0.6 is 0 Å². The quantitative estimate of drug-likeness (QED) is 0.717. The predicted molar refractivity (Wildman–Crippen MR) is 74.5 cm³/mol. The molecule has 5 nitrogen and oxygen atoms in total. The first-order chi connectivity index (χ1) is 8.86. The second-order valence-corrected chi connectivity index (χ2v) is 5.75. The maximum absolute atomic E-state index is 12.2. The van der Waals surface area contributed by atoms with Crippen molar-refractivity contribution in [1.82, 2.24) is 15.1 Å². The van der Waals surface area contributed by atoms with E-state index in [0.29, 0.717) is 26.2 Å². The van der Waals surface area contributed by atoms with Crippen LogP contribution in [0.15, 0.2) is 0 Å². The molecule has 1 heterocycles. The SMILES string of the molecule is C#CCNC(=O)N1CCCN(C(=O)C(C)(C)C)CC1. The summed E-state index contributed by atoms with van der Waals surface area (Å²) in [7, 11) is 0. The van der Waals surface area contributed by atoms with Crippen molar-refractivity contribution in [2.75, 3.05) is 32.7 Å². The topological polar surface area (TPSA) is 52.7 Å². The van der Waals surface area contributed by atoms with Gasteiger partial charge in [0.25, 0.3) is 0 Å². The van der Waals surface area contributed by atoms with Gasteiger partial charge >= 0.3 is 6.03 Å². The number of carbonyl (C=O) groups is 2. The molecule has 1 aliphatic rings. The average molecular weight is 265 g/mol. The summed E-state index contributed by atoms with van der Waals surface area (Å²) in [5.74, 6) is 2.51. The average Bonchev–Trinajstić information content (AvgIpc) is 2.59. The highest BCUT2D eigenvalue weighted by Gasteiger charge is 2.29. The van der Waals surface area contributed by atoms with Crippen molar-refractivity contribution in [2.24, 2.45) is 5.41 Å². The highest BCUT2D eigenvalue weighted by Crippen LogP contribution is 2.18. The van der Waals surface area contributed by atoms with Gasteiger partial charge in [-0.2, -0.15) is 0 Å². The molecular weight excluding hydrogens is 242 g/mol. The van der Waals surface area contributed by atoms with E-state index in [-0.39, 0.29) is 23.9 Å². The highest BCUT2D eigenvalue weighted by molar-refractivity contribution is 5.81. The van der Waals surface area contributed by atoms with Gasteiger partial charge < -0.3 is 15.1 Å². The lowest BCUT2D eigenvalue weighted by atomic mass is 9.94. The lowest BCUT2D eigenvalue weighted by molar-refractivity contribution is -0.139. The Morgan fingerprint density at radius 3 is 2.32 bits per heavy atom. The van der Waals surface area contributed by atoms with E-state index in [1.807, 2.05) is 25.7 Å². The van der Waals surface area contributed by atoms with Crippen LogP contribution in [0.2, 0.25) is 0 Å². The Labute approximate surface area is 115 Å². The van der Waals surface area contributed by atoms with Gasteiger partial charge in [0.1, 0.15) is 0 Å². The van der Waals surface area contributed by atoms with Crippen molar-refractivity contribution in [3.8, 4) is 12.3 Å². The van der Waals surface area contributed by atoms with Gasteiger partial charge in [0.2, 0.25) is 5.91 Å². The van der Waals surface area contributed by atoms with Crippen LogP contribution < -0.4 is 5.32 Å². The molecule has 0 radical (unpaired) electrons. The molecule has 0 atom stereocenters. The third-order valence-corrected chi connectivity index (χ3v) is 3.05. The van der Waals surface area contributed by atoms with Gasteiger partial charge in [-0.15, -0.1) is 6.42 Å². The Bertz CT molecular complexity index is 379. The zero-order chi connectivity index (χ0) is 14.5. The van der Waals surface area contributed by atoms with Gasteiger partial charge in [0.15, 0.2) is 0 Å². The van der Waals surface area contributed by atoms with Crippen LogP contribution in [0.4, 0.5) is 4.79 Å². The molecule has 0 bridgehead atoms. The van der Waals surface area contributed by atoms with Crippen LogP contribution in [0.1, 0.15) is 27.2 Å². The van der Waals surface area contributed by atoms with E-state index in [9.17, 15) is 9.59 Å². The number of hydrogen-bond acceptors (Lipinski definition) is 2. The minimum absolute atomic E-state index is 0.137. The summed E-state index contributed by atoms with van der Waals surface area (Å²) in [6, 6.07) is -0.150. The van der Waals surface area contributed by atoms with E-state index < -0.39 is 0 Å². The van der Waals surface area contributed by atoms with Crippen LogP contribution in [0, 0.1) is 17.8 Å². The van der Waals surface area contributed by atoms with Crippen molar-refractivity contribution in [1.29, 1.82) is 0 Å². The molecule has 0 aromatic carbocycles. The van der Waals surface area contributed by atoms with Crippen molar-refractivity contribution < 1.29 is 9.59 Å². The van der Waals surface area contributed by atoms with E-state index in [1.54, 1.807) is 4.90 Å². The van der Waals surface area contributed by atoms with E-state index in [0.717, 1.165) is 6.42 Å². The largest absolute Gasteiger partial charge is 0.340 e. The Morgan fingerprint density at radius 1 is 1.16 bits per heavy atom. The Hall–Kier alpha value is -1.70. The first-order valence-electron chi connectivity index (χ1n) is 6.62. The lowest BCUT2D eigenvalue weighted by Crippen LogP contribution is -2.44. The van der Waals surface area contributed by atoms with Gasteiger partial charge in [-0.3, -0.25) is 4.79 Å². The zero-order valence-electron chi connectivity index (χ0n) is 12.0. The van der Waals surface area contributed by atoms with Gasteiger partial charge in [0, 0.05) is 31.6 Å². The summed E-state index contributed by atoms with van der Waals surface area (Å²) in [5, 5.41) is 2.65. The number of rotatable bonds is 1. The number of amides is 3. The van der Waals surface area contributed by atoms with E-state index in [1.165, 1.54) is 0 Å². The third kappa shape index (κ3) is 4.47. The van der Waals surface area contributed by atoms with Crippen LogP contribution in [0.25, 0.3) is 0 Å². The lowest BCUT2D eigenvalue weighted by Gasteiger charge is -2.28. The van der Waals surface area contributed by atoms with Gasteiger partial charge in [0.05, 0.1) is 6.54 Å². The third-order valence-electron chi connectivity index (χ3n) is 3.05. The normalized spacial score (nSPS) is 16.5. The molecule has 1 fully saturated rings. The molecule has 106 valence electrons. The summed E-state index contributed by atoms with van der Waals surface area (Å²) < 4.78 is 0. The first-order valence-corrected chi connectivity index (χ1v) is 6.62. The summed E-state index contributed by atoms with van der Waals surface area (Å²) in [5.41, 5.74) is -0.374. The zero-order valence-corrected chi connectivity index (χ0v) is 12.0.